The van der Waals surface area contributed by atoms with Gasteiger partial charge in [-0.15, -0.1) is 0 Å². The highest BCUT2D eigenvalue weighted by atomic mass is 79.9. The SMILES string of the molecule is Cc1cccc(NC(=S)Nc2nn(Cc3ccc(Cl)c(Cl)c3)cc2Br)c1. The maximum Gasteiger partial charge on any atom is 0.176 e. The van der Waals surface area contributed by atoms with E-state index in [2.05, 4.69) is 31.7 Å². The number of nitrogens with one attached hydrogen (secondary N) is 2. The van der Waals surface area contributed by atoms with Gasteiger partial charge in [-0.05, 0) is 70.5 Å². The van der Waals surface area contributed by atoms with Crippen LogP contribution in [-0.2, 0) is 6.54 Å². The lowest BCUT2D eigenvalue weighted by Gasteiger charge is -2.09. The van der Waals surface area contributed by atoms with Crippen LogP contribution in [0.3, 0.4) is 0 Å². The number of anilines is 2. The summed E-state index contributed by atoms with van der Waals surface area (Å²) in [7, 11) is 0. The highest BCUT2D eigenvalue weighted by Crippen LogP contribution is 2.25. The average Bonchev–Trinajstić information content (AvgIpc) is 2.90. The third-order valence-electron chi connectivity index (χ3n) is 3.55. The second-order valence-electron chi connectivity index (χ2n) is 5.72. The summed E-state index contributed by atoms with van der Waals surface area (Å²) in [5.74, 6) is 0.634. The summed E-state index contributed by atoms with van der Waals surface area (Å²) in [6, 6.07) is 13.5. The molecule has 0 bridgehead atoms. The second-order valence-corrected chi connectivity index (χ2v) is 7.80. The van der Waals surface area contributed by atoms with Crippen molar-refractivity contribution in [3.05, 3.63) is 74.3 Å². The molecule has 2 aromatic carbocycles. The van der Waals surface area contributed by atoms with E-state index in [4.69, 9.17) is 35.4 Å². The molecular formula is C18H15BrCl2N4S. The number of nitrogens with zero attached hydrogens (tertiary/aromatic N) is 2. The van der Waals surface area contributed by atoms with E-state index in [0.717, 1.165) is 21.3 Å². The molecule has 1 heterocycles. The predicted molar refractivity (Wildman–Crippen MR) is 117 cm³/mol. The summed E-state index contributed by atoms with van der Waals surface area (Å²) in [4.78, 5) is 0. The van der Waals surface area contributed by atoms with Crippen LogP contribution in [0.1, 0.15) is 11.1 Å². The lowest BCUT2D eigenvalue weighted by Crippen LogP contribution is -2.19. The van der Waals surface area contributed by atoms with Gasteiger partial charge >= 0.3 is 0 Å². The van der Waals surface area contributed by atoms with Crippen LogP contribution in [0.5, 0.6) is 0 Å². The molecule has 1 aromatic heterocycles. The number of benzene rings is 2. The molecule has 3 rings (SSSR count). The highest BCUT2D eigenvalue weighted by molar-refractivity contribution is 9.10. The Morgan fingerprint density at radius 3 is 2.69 bits per heavy atom. The van der Waals surface area contributed by atoms with Gasteiger partial charge in [0.05, 0.1) is 21.1 Å². The summed E-state index contributed by atoms with van der Waals surface area (Å²) in [5, 5.41) is 12.3. The summed E-state index contributed by atoms with van der Waals surface area (Å²) >= 11 is 20.9. The molecule has 0 fully saturated rings. The second kappa shape index (κ2) is 8.39. The van der Waals surface area contributed by atoms with Crippen molar-refractivity contribution >= 4 is 68.0 Å². The molecule has 0 unspecified atom stereocenters. The van der Waals surface area contributed by atoms with Crippen LogP contribution in [0.2, 0.25) is 10.0 Å². The van der Waals surface area contributed by atoms with E-state index < -0.39 is 0 Å². The van der Waals surface area contributed by atoms with Gasteiger partial charge in [0.1, 0.15) is 0 Å². The molecule has 0 radical (unpaired) electrons. The Bertz CT molecular complexity index is 958. The van der Waals surface area contributed by atoms with Crippen molar-refractivity contribution in [2.45, 2.75) is 13.5 Å². The Morgan fingerprint density at radius 2 is 1.96 bits per heavy atom. The number of rotatable bonds is 4. The van der Waals surface area contributed by atoms with Crippen molar-refractivity contribution < 1.29 is 0 Å². The molecule has 4 nitrogen and oxygen atoms in total. The number of aryl methyl sites for hydroxylation is 1. The molecule has 0 saturated heterocycles. The molecule has 0 aliphatic carbocycles. The number of hydrogen-bond acceptors (Lipinski definition) is 2. The van der Waals surface area contributed by atoms with Crippen molar-refractivity contribution in [2.75, 3.05) is 10.6 Å². The summed E-state index contributed by atoms with van der Waals surface area (Å²) in [6.07, 6.45) is 1.88. The van der Waals surface area contributed by atoms with Crippen molar-refractivity contribution in [3.8, 4) is 0 Å². The Hall–Kier alpha value is -1.60. The maximum absolute atomic E-state index is 6.06. The zero-order chi connectivity index (χ0) is 18.7. The Balaban J connectivity index is 1.67. The normalized spacial score (nSPS) is 10.6. The third kappa shape index (κ3) is 4.98. The first-order valence-corrected chi connectivity index (χ1v) is 9.68. The predicted octanol–water partition coefficient (Wildman–Crippen LogP) is 6.12. The molecule has 26 heavy (non-hydrogen) atoms. The van der Waals surface area contributed by atoms with E-state index in [1.54, 1.807) is 10.7 Å². The topological polar surface area (TPSA) is 41.9 Å². The fraction of sp³-hybridized carbons (Fsp3) is 0.111. The molecule has 0 amide bonds. The smallest absolute Gasteiger partial charge is 0.176 e. The zero-order valence-corrected chi connectivity index (χ0v) is 17.7. The van der Waals surface area contributed by atoms with Crippen molar-refractivity contribution in [1.29, 1.82) is 0 Å². The molecule has 0 aliphatic heterocycles. The number of thiocarbonyl (C=S) groups is 1. The van der Waals surface area contributed by atoms with Gasteiger partial charge in [-0.3, -0.25) is 4.68 Å². The van der Waals surface area contributed by atoms with E-state index in [-0.39, 0.29) is 0 Å². The van der Waals surface area contributed by atoms with Crippen LogP contribution in [0, 0.1) is 6.92 Å². The van der Waals surface area contributed by atoms with E-state index in [0.29, 0.717) is 27.5 Å². The average molecular weight is 470 g/mol. The van der Waals surface area contributed by atoms with Crippen LogP contribution in [0.25, 0.3) is 0 Å². The first-order valence-electron chi connectivity index (χ1n) is 7.72. The minimum absolute atomic E-state index is 0.469. The van der Waals surface area contributed by atoms with E-state index in [1.165, 1.54) is 0 Å². The van der Waals surface area contributed by atoms with Crippen LogP contribution >= 0.6 is 51.3 Å². The monoisotopic (exact) mass is 468 g/mol. The number of hydrogen-bond donors (Lipinski definition) is 2. The summed E-state index contributed by atoms with van der Waals surface area (Å²) < 4.78 is 2.60. The van der Waals surface area contributed by atoms with E-state index in [9.17, 15) is 0 Å². The molecule has 8 heteroatoms. The molecule has 134 valence electrons. The molecule has 0 atom stereocenters. The molecule has 0 saturated carbocycles. The lowest BCUT2D eigenvalue weighted by molar-refractivity contribution is 0.689. The Morgan fingerprint density at radius 1 is 1.15 bits per heavy atom. The fourth-order valence-electron chi connectivity index (χ4n) is 2.38. The highest BCUT2D eigenvalue weighted by Gasteiger charge is 2.09. The van der Waals surface area contributed by atoms with Gasteiger partial charge in [0, 0.05) is 11.9 Å². The first-order chi connectivity index (χ1) is 12.4. The first kappa shape index (κ1) is 19.2. The van der Waals surface area contributed by atoms with Gasteiger partial charge in [0.15, 0.2) is 10.9 Å². The Labute approximate surface area is 175 Å². The molecule has 3 aromatic rings. The van der Waals surface area contributed by atoms with Crippen molar-refractivity contribution in [2.24, 2.45) is 0 Å². The molecule has 0 spiro atoms. The number of halogens is 3. The van der Waals surface area contributed by atoms with Crippen molar-refractivity contribution in [3.63, 3.8) is 0 Å². The largest absolute Gasteiger partial charge is 0.332 e. The van der Waals surface area contributed by atoms with Gasteiger partial charge < -0.3 is 10.6 Å². The molecule has 2 N–H and O–H groups in total. The van der Waals surface area contributed by atoms with Gasteiger partial charge in [0.25, 0.3) is 0 Å². The third-order valence-corrected chi connectivity index (χ3v) is 5.08. The molecular weight excluding hydrogens is 455 g/mol. The van der Waals surface area contributed by atoms with Crippen LogP contribution in [-0.4, -0.2) is 14.9 Å². The van der Waals surface area contributed by atoms with Crippen LogP contribution < -0.4 is 10.6 Å². The van der Waals surface area contributed by atoms with Gasteiger partial charge in [-0.25, -0.2) is 0 Å². The van der Waals surface area contributed by atoms with Crippen LogP contribution in [0.15, 0.2) is 53.1 Å². The molecule has 0 aliphatic rings. The van der Waals surface area contributed by atoms with Gasteiger partial charge in [0.2, 0.25) is 0 Å². The summed E-state index contributed by atoms with van der Waals surface area (Å²) in [5.41, 5.74) is 3.08. The minimum Gasteiger partial charge on any atom is -0.332 e. The van der Waals surface area contributed by atoms with Crippen LogP contribution in [0.4, 0.5) is 11.5 Å². The van der Waals surface area contributed by atoms with E-state index in [1.807, 2.05) is 49.5 Å². The Kier molecular flexibility index (Phi) is 6.19. The van der Waals surface area contributed by atoms with E-state index >= 15 is 0 Å². The lowest BCUT2D eigenvalue weighted by atomic mass is 10.2. The minimum atomic E-state index is 0.469. The van der Waals surface area contributed by atoms with Gasteiger partial charge in [-0.1, -0.05) is 41.4 Å². The van der Waals surface area contributed by atoms with Crippen molar-refractivity contribution in [1.82, 2.24) is 9.78 Å². The number of aromatic nitrogens is 2. The summed E-state index contributed by atoms with van der Waals surface area (Å²) in [6.45, 7) is 2.60. The quantitative estimate of drug-likeness (QED) is 0.451. The van der Waals surface area contributed by atoms with Gasteiger partial charge in [-0.2, -0.15) is 5.10 Å². The fourth-order valence-corrected chi connectivity index (χ4v) is 3.33. The standard InChI is InChI=1S/C18H15BrCl2N4S/c1-11-3-2-4-13(7-11)22-18(26)23-17-14(19)10-25(24-17)9-12-5-6-15(20)16(21)8-12/h2-8,10H,9H2,1H3,(H2,22,23,24,26). The maximum atomic E-state index is 6.06. The zero-order valence-electron chi connectivity index (χ0n) is 13.8.